The lowest BCUT2D eigenvalue weighted by molar-refractivity contribution is -0.142. The van der Waals surface area contributed by atoms with Crippen LogP contribution in [0.15, 0.2) is 54.6 Å². The van der Waals surface area contributed by atoms with Crippen LogP contribution in [0.2, 0.25) is 0 Å². The van der Waals surface area contributed by atoms with Gasteiger partial charge in [-0.1, -0.05) is 49.4 Å². The van der Waals surface area contributed by atoms with Crippen LogP contribution in [0.25, 0.3) is 0 Å². The molecule has 0 bridgehead atoms. The summed E-state index contributed by atoms with van der Waals surface area (Å²) in [5, 5.41) is 9.66. The Bertz CT molecular complexity index is 788. The first-order chi connectivity index (χ1) is 13.0. The molecule has 5 heteroatoms. The molecule has 1 aliphatic rings. The fraction of sp³-hybridized carbons (Fsp3) is 0.364. The van der Waals surface area contributed by atoms with Gasteiger partial charge in [-0.2, -0.15) is 0 Å². The molecule has 1 amide bonds. The number of ether oxygens (including phenoxy) is 1. The van der Waals surface area contributed by atoms with Crippen molar-refractivity contribution in [3.63, 3.8) is 0 Å². The molecule has 142 valence electrons. The third-order valence-electron chi connectivity index (χ3n) is 5.40. The van der Waals surface area contributed by atoms with Crippen molar-refractivity contribution in [1.82, 2.24) is 4.90 Å². The summed E-state index contributed by atoms with van der Waals surface area (Å²) in [5.74, 6) is -1.15. The Morgan fingerprint density at radius 3 is 2.33 bits per heavy atom. The first-order valence-electron chi connectivity index (χ1n) is 9.25. The summed E-state index contributed by atoms with van der Waals surface area (Å²) in [6, 6.07) is 17.1. The molecule has 2 aromatic carbocycles. The normalized spacial score (nSPS) is 20.3. The fourth-order valence-corrected chi connectivity index (χ4v) is 3.88. The molecular weight excluding hydrogens is 342 g/mol. The van der Waals surface area contributed by atoms with E-state index in [4.69, 9.17) is 4.74 Å². The Kier molecular flexibility index (Phi) is 5.79. The molecule has 1 heterocycles. The highest BCUT2D eigenvalue weighted by molar-refractivity contribution is 5.85. The number of hydrogen-bond acceptors (Lipinski definition) is 3. The lowest BCUT2D eigenvalue weighted by Crippen LogP contribution is -2.34. The summed E-state index contributed by atoms with van der Waals surface area (Å²) in [5.41, 5.74) is 1.90. The van der Waals surface area contributed by atoms with Crippen molar-refractivity contribution in [2.45, 2.75) is 25.2 Å². The van der Waals surface area contributed by atoms with Crippen LogP contribution >= 0.6 is 0 Å². The Balaban J connectivity index is 1.81. The molecule has 27 heavy (non-hydrogen) atoms. The Morgan fingerprint density at radius 1 is 1.11 bits per heavy atom. The largest absolute Gasteiger partial charge is 0.497 e. The van der Waals surface area contributed by atoms with Crippen molar-refractivity contribution in [3.05, 3.63) is 65.7 Å². The SMILES string of the molecule is CCC(C(=O)N1C[C@H](C(=O)O)[C@H](c2ccccc2)C1)c1ccc(OC)cc1. The van der Waals surface area contributed by atoms with Gasteiger partial charge in [0.25, 0.3) is 0 Å². The van der Waals surface area contributed by atoms with Crippen LogP contribution in [0.1, 0.15) is 36.3 Å². The number of aliphatic carboxylic acids is 1. The van der Waals surface area contributed by atoms with Gasteiger partial charge in [-0.25, -0.2) is 0 Å². The third-order valence-corrected chi connectivity index (χ3v) is 5.40. The monoisotopic (exact) mass is 367 g/mol. The molecule has 1 unspecified atom stereocenters. The molecule has 3 atom stereocenters. The van der Waals surface area contributed by atoms with Gasteiger partial charge in [-0.05, 0) is 29.7 Å². The molecule has 0 spiro atoms. The lowest BCUT2D eigenvalue weighted by Gasteiger charge is -2.23. The van der Waals surface area contributed by atoms with Gasteiger partial charge in [-0.15, -0.1) is 0 Å². The molecular formula is C22H25NO4. The minimum absolute atomic E-state index is 0.00709. The second-order valence-corrected chi connectivity index (χ2v) is 6.94. The highest BCUT2D eigenvalue weighted by atomic mass is 16.5. The van der Waals surface area contributed by atoms with Crippen LogP contribution in [0, 0.1) is 5.92 Å². The Morgan fingerprint density at radius 2 is 1.78 bits per heavy atom. The van der Waals surface area contributed by atoms with Crippen LogP contribution < -0.4 is 4.74 Å². The van der Waals surface area contributed by atoms with Gasteiger partial charge < -0.3 is 14.7 Å². The van der Waals surface area contributed by atoms with E-state index in [9.17, 15) is 14.7 Å². The van der Waals surface area contributed by atoms with Crippen LogP contribution in [-0.2, 0) is 9.59 Å². The van der Waals surface area contributed by atoms with Crippen molar-refractivity contribution in [1.29, 1.82) is 0 Å². The molecule has 1 fully saturated rings. The quantitative estimate of drug-likeness (QED) is 0.848. The summed E-state index contributed by atoms with van der Waals surface area (Å²) in [6.07, 6.45) is 0.662. The highest BCUT2D eigenvalue weighted by Crippen LogP contribution is 2.35. The number of carboxylic acid groups (broad SMARTS) is 1. The standard InChI is InChI=1S/C22H25NO4/c1-3-18(16-9-11-17(27-2)12-10-16)21(24)23-13-19(20(14-23)22(25)26)15-7-5-4-6-8-15/h4-12,18-20H,3,13-14H2,1-2H3,(H,25,26)/t18?,19-,20-/m0/s1. The van der Waals surface area contributed by atoms with Crippen LogP contribution in [0.4, 0.5) is 0 Å². The number of amides is 1. The van der Waals surface area contributed by atoms with Crippen molar-refractivity contribution in [2.75, 3.05) is 20.2 Å². The maximum Gasteiger partial charge on any atom is 0.308 e. The van der Waals surface area contributed by atoms with Crippen molar-refractivity contribution >= 4 is 11.9 Å². The molecule has 0 saturated carbocycles. The molecule has 2 aromatic rings. The van der Waals surface area contributed by atoms with Crippen LogP contribution in [0.5, 0.6) is 5.75 Å². The van der Waals surface area contributed by atoms with Gasteiger partial charge in [0.05, 0.1) is 18.9 Å². The lowest BCUT2D eigenvalue weighted by atomic mass is 9.89. The van der Waals surface area contributed by atoms with E-state index in [1.54, 1.807) is 12.0 Å². The summed E-state index contributed by atoms with van der Waals surface area (Å²) < 4.78 is 5.19. The topological polar surface area (TPSA) is 66.8 Å². The average molecular weight is 367 g/mol. The molecule has 0 aromatic heterocycles. The first kappa shape index (κ1) is 19.0. The molecule has 1 N–H and O–H groups in total. The average Bonchev–Trinajstić information content (AvgIpc) is 3.15. The number of likely N-dealkylation sites (tertiary alicyclic amines) is 1. The van der Waals surface area contributed by atoms with E-state index in [0.717, 1.165) is 16.9 Å². The maximum absolute atomic E-state index is 13.2. The third kappa shape index (κ3) is 3.97. The van der Waals surface area contributed by atoms with Gasteiger partial charge in [0.15, 0.2) is 0 Å². The number of carbonyl (C=O) groups excluding carboxylic acids is 1. The predicted octanol–water partition coefficient (Wildman–Crippen LogP) is 3.52. The van der Waals surface area contributed by atoms with Gasteiger partial charge in [-0.3, -0.25) is 9.59 Å². The van der Waals surface area contributed by atoms with Crippen molar-refractivity contribution in [2.24, 2.45) is 5.92 Å². The zero-order valence-electron chi connectivity index (χ0n) is 15.7. The van der Waals surface area contributed by atoms with Crippen LogP contribution in [0.3, 0.4) is 0 Å². The number of hydrogen-bond donors (Lipinski definition) is 1. The predicted molar refractivity (Wildman–Crippen MR) is 103 cm³/mol. The number of benzene rings is 2. The second kappa shape index (κ2) is 8.25. The zero-order valence-corrected chi connectivity index (χ0v) is 15.7. The van der Waals surface area contributed by atoms with Crippen LogP contribution in [-0.4, -0.2) is 42.1 Å². The number of methoxy groups -OCH3 is 1. The molecule has 3 rings (SSSR count). The molecule has 0 radical (unpaired) electrons. The summed E-state index contributed by atoms with van der Waals surface area (Å²) in [7, 11) is 1.61. The van der Waals surface area contributed by atoms with E-state index in [-0.39, 0.29) is 24.3 Å². The molecule has 0 aliphatic carbocycles. The molecule has 1 aliphatic heterocycles. The van der Waals surface area contributed by atoms with E-state index >= 15 is 0 Å². The van der Waals surface area contributed by atoms with E-state index in [0.29, 0.717) is 13.0 Å². The minimum Gasteiger partial charge on any atom is -0.497 e. The van der Waals surface area contributed by atoms with E-state index in [1.165, 1.54) is 0 Å². The molecule has 5 nitrogen and oxygen atoms in total. The number of carbonyl (C=O) groups is 2. The van der Waals surface area contributed by atoms with Gasteiger partial charge in [0.2, 0.25) is 5.91 Å². The van der Waals surface area contributed by atoms with Gasteiger partial charge in [0, 0.05) is 19.0 Å². The van der Waals surface area contributed by atoms with Gasteiger partial charge in [0.1, 0.15) is 5.75 Å². The summed E-state index contributed by atoms with van der Waals surface area (Å²) in [4.78, 5) is 26.7. The summed E-state index contributed by atoms with van der Waals surface area (Å²) >= 11 is 0. The second-order valence-electron chi connectivity index (χ2n) is 6.94. The number of carboxylic acids is 1. The fourth-order valence-electron chi connectivity index (χ4n) is 3.88. The zero-order chi connectivity index (χ0) is 19.4. The Labute approximate surface area is 159 Å². The van der Waals surface area contributed by atoms with Crippen molar-refractivity contribution in [3.8, 4) is 5.75 Å². The van der Waals surface area contributed by atoms with E-state index in [1.807, 2.05) is 61.5 Å². The number of nitrogens with zero attached hydrogens (tertiary/aromatic N) is 1. The number of rotatable bonds is 6. The highest BCUT2D eigenvalue weighted by Gasteiger charge is 2.41. The smallest absolute Gasteiger partial charge is 0.308 e. The van der Waals surface area contributed by atoms with E-state index in [2.05, 4.69) is 0 Å². The van der Waals surface area contributed by atoms with E-state index < -0.39 is 11.9 Å². The van der Waals surface area contributed by atoms with Crippen molar-refractivity contribution < 1.29 is 19.4 Å². The van der Waals surface area contributed by atoms with Gasteiger partial charge >= 0.3 is 5.97 Å². The maximum atomic E-state index is 13.2. The Hall–Kier alpha value is -2.82. The molecule has 1 saturated heterocycles. The first-order valence-corrected chi connectivity index (χ1v) is 9.25. The summed E-state index contributed by atoms with van der Waals surface area (Å²) in [6.45, 7) is 2.67. The minimum atomic E-state index is -0.850.